The minimum Gasteiger partial charge on any atom is -0.337 e. The second-order valence-corrected chi connectivity index (χ2v) is 5.45. The zero-order valence-corrected chi connectivity index (χ0v) is 12.4. The number of hydrogen-bond donors (Lipinski definition) is 1. The molecule has 0 amide bonds. The molecule has 1 heterocycles. The lowest BCUT2D eigenvalue weighted by atomic mass is 10.1. The van der Waals surface area contributed by atoms with Gasteiger partial charge in [0.25, 0.3) is 0 Å². The van der Waals surface area contributed by atoms with Crippen LogP contribution in [0.2, 0.25) is 0 Å². The minimum absolute atomic E-state index is 0.405. The Morgan fingerprint density at radius 2 is 1.76 bits per heavy atom. The third kappa shape index (κ3) is 2.99. The SMILES string of the molecule is CSc1ccc(-c2noc(C(N)c3ccccc3)n2)cc1. The van der Waals surface area contributed by atoms with Crippen LogP contribution in [0.5, 0.6) is 0 Å². The summed E-state index contributed by atoms with van der Waals surface area (Å²) in [5.41, 5.74) is 8.02. The molecule has 1 atom stereocenters. The first kappa shape index (κ1) is 13.9. The molecule has 0 spiro atoms. The van der Waals surface area contributed by atoms with Crippen LogP contribution in [0.3, 0.4) is 0 Å². The van der Waals surface area contributed by atoms with Crippen LogP contribution in [0.15, 0.2) is 64.0 Å². The van der Waals surface area contributed by atoms with E-state index in [4.69, 9.17) is 10.3 Å². The number of hydrogen-bond acceptors (Lipinski definition) is 5. The highest BCUT2D eigenvalue weighted by Crippen LogP contribution is 2.23. The molecule has 3 rings (SSSR count). The van der Waals surface area contributed by atoms with Gasteiger partial charge in [0.15, 0.2) is 0 Å². The van der Waals surface area contributed by atoms with Gasteiger partial charge < -0.3 is 10.3 Å². The summed E-state index contributed by atoms with van der Waals surface area (Å²) in [6.45, 7) is 0. The van der Waals surface area contributed by atoms with Gasteiger partial charge in [-0.15, -0.1) is 11.8 Å². The molecule has 0 saturated carbocycles. The van der Waals surface area contributed by atoms with Crippen LogP contribution < -0.4 is 5.73 Å². The van der Waals surface area contributed by atoms with Crippen molar-refractivity contribution in [3.05, 3.63) is 66.1 Å². The van der Waals surface area contributed by atoms with Crippen LogP contribution in [0.1, 0.15) is 17.5 Å². The Labute approximate surface area is 127 Å². The molecule has 1 unspecified atom stereocenters. The Kier molecular flexibility index (Phi) is 4.03. The molecule has 2 aromatic carbocycles. The van der Waals surface area contributed by atoms with Gasteiger partial charge in [-0.2, -0.15) is 4.98 Å². The van der Waals surface area contributed by atoms with Gasteiger partial charge in [-0.3, -0.25) is 0 Å². The van der Waals surface area contributed by atoms with E-state index in [1.807, 2.05) is 60.9 Å². The summed E-state index contributed by atoms with van der Waals surface area (Å²) in [5.74, 6) is 0.981. The Morgan fingerprint density at radius 3 is 2.43 bits per heavy atom. The zero-order valence-electron chi connectivity index (χ0n) is 11.6. The number of rotatable bonds is 4. The molecule has 4 nitrogen and oxygen atoms in total. The summed E-state index contributed by atoms with van der Waals surface area (Å²) in [6, 6.07) is 17.3. The van der Waals surface area contributed by atoms with Crippen molar-refractivity contribution >= 4 is 11.8 Å². The van der Waals surface area contributed by atoms with Gasteiger partial charge in [0.2, 0.25) is 11.7 Å². The van der Waals surface area contributed by atoms with E-state index in [0.29, 0.717) is 11.7 Å². The van der Waals surface area contributed by atoms with E-state index in [9.17, 15) is 0 Å². The topological polar surface area (TPSA) is 64.9 Å². The van der Waals surface area contributed by atoms with E-state index in [2.05, 4.69) is 10.1 Å². The number of aromatic nitrogens is 2. The first-order chi connectivity index (χ1) is 10.3. The summed E-state index contributed by atoms with van der Waals surface area (Å²) >= 11 is 1.70. The van der Waals surface area contributed by atoms with E-state index in [-0.39, 0.29) is 0 Å². The van der Waals surface area contributed by atoms with Crippen molar-refractivity contribution in [1.29, 1.82) is 0 Å². The molecule has 106 valence electrons. The largest absolute Gasteiger partial charge is 0.337 e. The smallest absolute Gasteiger partial charge is 0.248 e. The van der Waals surface area contributed by atoms with Crippen LogP contribution in [0.25, 0.3) is 11.4 Å². The third-order valence-electron chi connectivity index (χ3n) is 3.21. The quantitative estimate of drug-likeness (QED) is 0.747. The first-order valence-corrected chi connectivity index (χ1v) is 7.79. The van der Waals surface area contributed by atoms with E-state index >= 15 is 0 Å². The molecule has 21 heavy (non-hydrogen) atoms. The number of nitrogens with two attached hydrogens (primary N) is 1. The van der Waals surface area contributed by atoms with Gasteiger partial charge in [0, 0.05) is 10.5 Å². The molecule has 2 N–H and O–H groups in total. The van der Waals surface area contributed by atoms with Crippen LogP contribution in [0.4, 0.5) is 0 Å². The minimum atomic E-state index is -0.405. The molecule has 0 aliphatic rings. The third-order valence-corrected chi connectivity index (χ3v) is 3.96. The van der Waals surface area contributed by atoms with Crippen LogP contribution in [-0.4, -0.2) is 16.4 Å². The highest BCUT2D eigenvalue weighted by Gasteiger charge is 2.17. The summed E-state index contributed by atoms with van der Waals surface area (Å²) in [7, 11) is 0. The number of nitrogens with zero attached hydrogens (tertiary/aromatic N) is 2. The lowest BCUT2D eigenvalue weighted by Crippen LogP contribution is -2.11. The first-order valence-electron chi connectivity index (χ1n) is 6.56. The Bertz CT molecular complexity index is 710. The van der Waals surface area contributed by atoms with E-state index in [1.165, 1.54) is 4.90 Å². The van der Waals surface area contributed by atoms with Crippen LogP contribution in [-0.2, 0) is 0 Å². The highest BCUT2D eigenvalue weighted by molar-refractivity contribution is 7.98. The molecule has 1 aromatic heterocycles. The van der Waals surface area contributed by atoms with Crippen LogP contribution >= 0.6 is 11.8 Å². The molecule has 0 radical (unpaired) electrons. The molecular weight excluding hydrogens is 282 g/mol. The highest BCUT2D eigenvalue weighted by atomic mass is 32.2. The molecule has 0 saturated heterocycles. The summed E-state index contributed by atoms with van der Waals surface area (Å²) < 4.78 is 5.30. The van der Waals surface area contributed by atoms with Gasteiger partial charge in [0.05, 0.1) is 0 Å². The average Bonchev–Trinajstić information content (AvgIpc) is 3.05. The second kappa shape index (κ2) is 6.11. The fourth-order valence-corrected chi connectivity index (χ4v) is 2.43. The van der Waals surface area contributed by atoms with Crippen molar-refractivity contribution in [1.82, 2.24) is 10.1 Å². The number of benzene rings is 2. The van der Waals surface area contributed by atoms with Gasteiger partial charge in [0.1, 0.15) is 6.04 Å². The monoisotopic (exact) mass is 297 g/mol. The second-order valence-electron chi connectivity index (χ2n) is 4.57. The predicted molar refractivity (Wildman–Crippen MR) is 84.0 cm³/mol. The van der Waals surface area contributed by atoms with Crippen molar-refractivity contribution in [3.8, 4) is 11.4 Å². The summed E-state index contributed by atoms with van der Waals surface area (Å²) in [5, 5.41) is 4.02. The Hall–Kier alpha value is -2.11. The van der Waals surface area contributed by atoms with E-state index in [0.717, 1.165) is 11.1 Å². The fraction of sp³-hybridized carbons (Fsp3) is 0.125. The van der Waals surface area contributed by atoms with E-state index in [1.54, 1.807) is 11.8 Å². The molecule has 0 aliphatic carbocycles. The molecule has 3 aromatic rings. The standard InChI is InChI=1S/C16H15N3OS/c1-21-13-9-7-12(8-10-13)15-18-16(20-19-15)14(17)11-5-3-2-4-6-11/h2-10,14H,17H2,1H3. The van der Waals surface area contributed by atoms with Gasteiger partial charge in [-0.05, 0) is 36.1 Å². The number of thioether (sulfide) groups is 1. The van der Waals surface area contributed by atoms with Crippen molar-refractivity contribution in [2.75, 3.05) is 6.26 Å². The van der Waals surface area contributed by atoms with E-state index < -0.39 is 6.04 Å². The lowest BCUT2D eigenvalue weighted by molar-refractivity contribution is 0.367. The zero-order chi connectivity index (χ0) is 14.7. The maximum absolute atomic E-state index is 6.15. The van der Waals surface area contributed by atoms with Gasteiger partial charge in [-0.1, -0.05) is 35.5 Å². The predicted octanol–water partition coefficient (Wildman–Crippen LogP) is 3.51. The molecule has 0 aliphatic heterocycles. The van der Waals surface area contributed by atoms with Crippen molar-refractivity contribution in [2.45, 2.75) is 10.9 Å². The maximum Gasteiger partial charge on any atom is 0.248 e. The summed E-state index contributed by atoms with van der Waals surface area (Å²) in [4.78, 5) is 5.60. The molecular formula is C16H15N3OS. The Morgan fingerprint density at radius 1 is 1.05 bits per heavy atom. The maximum atomic E-state index is 6.15. The molecule has 0 fully saturated rings. The van der Waals surface area contributed by atoms with Crippen LogP contribution in [0, 0.1) is 0 Å². The van der Waals surface area contributed by atoms with Gasteiger partial charge in [-0.25, -0.2) is 0 Å². The van der Waals surface area contributed by atoms with Crippen molar-refractivity contribution in [2.24, 2.45) is 5.73 Å². The molecule has 0 bridgehead atoms. The van der Waals surface area contributed by atoms with Gasteiger partial charge >= 0.3 is 0 Å². The Balaban J connectivity index is 1.85. The summed E-state index contributed by atoms with van der Waals surface area (Å²) in [6.07, 6.45) is 2.04. The van der Waals surface area contributed by atoms with Crippen molar-refractivity contribution < 1.29 is 4.52 Å². The lowest BCUT2D eigenvalue weighted by Gasteiger charge is -2.05. The normalized spacial score (nSPS) is 12.3. The fourth-order valence-electron chi connectivity index (χ4n) is 2.02. The average molecular weight is 297 g/mol. The molecule has 5 heteroatoms. The van der Waals surface area contributed by atoms with Crippen molar-refractivity contribution in [3.63, 3.8) is 0 Å².